The van der Waals surface area contributed by atoms with Gasteiger partial charge < -0.3 is 0 Å². The van der Waals surface area contributed by atoms with E-state index in [1.807, 2.05) is 6.08 Å². The molecule has 0 unspecified atom stereocenters. The largest absolute Gasteiger partial charge is 0.278 e. The maximum atomic E-state index is 4.03. The van der Waals surface area contributed by atoms with Crippen molar-refractivity contribution in [3.05, 3.63) is 114 Å². The molecule has 2 heteroatoms. The molecule has 3 aromatic rings. The molecule has 2 atom stereocenters. The van der Waals surface area contributed by atoms with Gasteiger partial charge in [0.05, 0.1) is 18.2 Å². The van der Waals surface area contributed by atoms with Gasteiger partial charge in [0.1, 0.15) is 0 Å². The Morgan fingerprint density at radius 3 is 1.59 bits per heavy atom. The molecule has 0 amide bonds. The first kappa shape index (κ1) is 17.7. The van der Waals surface area contributed by atoms with Crippen LogP contribution in [0, 0.1) is 0 Å². The van der Waals surface area contributed by atoms with Crippen LogP contribution in [-0.2, 0) is 0 Å². The van der Waals surface area contributed by atoms with Crippen molar-refractivity contribution in [1.82, 2.24) is 9.80 Å². The molecule has 4 rings (SSSR count). The van der Waals surface area contributed by atoms with Crippen LogP contribution in [0.5, 0.6) is 0 Å². The number of likely N-dealkylation sites (N-methyl/N-ethyl adjacent to an activating group) is 2. The Hall–Kier alpha value is -2.68. The number of hydrogen-bond acceptors (Lipinski definition) is 2. The molecule has 3 aromatic carbocycles. The van der Waals surface area contributed by atoms with Crippen LogP contribution < -0.4 is 0 Å². The van der Waals surface area contributed by atoms with Crippen LogP contribution >= 0.6 is 0 Å². The molecule has 0 N–H and O–H groups in total. The van der Waals surface area contributed by atoms with Gasteiger partial charge >= 0.3 is 0 Å². The van der Waals surface area contributed by atoms with Crippen LogP contribution in [0.25, 0.3) is 6.08 Å². The number of hydrogen-bond donors (Lipinski definition) is 0. The Kier molecular flexibility index (Phi) is 4.93. The minimum atomic E-state index is 0.189. The molecule has 136 valence electrons. The Labute approximate surface area is 162 Å². The summed E-state index contributed by atoms with van der Waals surface area (Å²) in [6.07, 6.45) is 2.15. The van der Waals surface area contributed by atoms with Gasteiger partial charge in [0.2, 0.25) is 0 Å². The second kappa shape index (κ2) is 7.51. The fourth-order valence-electron chi connectivity index (χ4n) is 4.54. The molecule has 0 radical (unpaired) electrons. The molecule has 2 nitrogen and oxygen atoms in total. The minimum Gasteiger partial charge on any atom is -0.278 e. The van der Waals surface area contributed by atoms with Gasteiger partial charge in [-0.1, -0.05) is 97.6 Å². The molecule has 0 saturated carbocycles. The number of rotatable bonds is 4. The molecule has 0 spiro atoms. The maximum absolute atomic E-state index is 4.03. The maximum Gasteiger partial charge on any atom is 0.0898 e. The zero-order chi connectivity index (χ0) is 18.8. The summed E-state index contributed by atoms with van der Waals surface area (Å²) in [5.41, 5.74) is 5.19. The second-order valence-electron chi connectivity index (χ2n) is 7.25. The topological polar surface area (TPSA) is 6.48 Å². The van der Waals surface area contributed by atoms with E-state index < -0.39 is 0 Å². The third-order valence-corrected chi connectivity index (χ3v) is 5.72. The summed E-state index contributed by atoms with van der Waals surface area (Å²) in [5.74, 6) is 0. The molecule has 1 saturated heterocycles. The molecule has 1 aliphatic rings. The van der Waals surface area contributed by atoms with Crippen LogP contribution in [0.3, 0.4) is 0 Å². The first-order valence-electron chi connectivity index (χ1n) is 9.47. The Morgan fingerprint density at radius 1 is 0.667 bits per heavy atom. The van der Waals surface area contributed by atoms with Crippen LogP contribution in [-0.4, -0.2) is 23.9 Å². The lowest BCUT2D eigenvalue weighted by Gasteiger charge is -2.28. The molecular weight excluding hydrogens is 328 g/mol. The van der Waals surface area contributed by atoms with Crippen molar-refractivity contribution in [3.8, 4) is 0 Å². The average molecular weight is 354 g/mol. The molecular formula is C25H26N2. The van der Waals surface area contributed by atoms with Gasteiger partial charge in [-0.15, -0.1) is 0 Å². The molecule has 0 bridgehead atoms. The first-order valence-corrected chi connectivity index (χ1v) is 9.47. The van der Waals surface area contributed by atoms with Crippen LogP contribution in [0.4, 0.5) is 0 Å². The average Bonchev–Trinajstić information content (AvgIpc) is 2.99. The molecule has 1 heterocycles. The van der Waals surface area contributed by atoms with Crippen molar-refractivity contribution >= 4 is 6.08 Å². The monoisotopic (exact) mass is 354 g/mol. The summed E-state index contributed by atoms with van der Waals surface area (Å²) in [6.45, 7) is 4.03. The van der Waals surface area contributed by atoms with Gasteiger partial charge in [0.25, 0.3) is 0 Å². The van der Waals surface area contributed by atoms with E-state index in [2.05, 4.69) is 115 Å². The highest BCUT2D eigenvalue weighted by Crippen LogP contribution is 2.51. The van der Waals surface area contributed by atoms with Crippen LogP contribution in [0.1, 0.15) is 40.5 Å². The Morgan fingerprint density at radius 2 is 1.11 bits per heavy atom. The summed E-state index contributed by atoms with van der Waals surface area (Å²) in [5, 5.41) is 0. The zero-order valence-electron chi connectivity index (χ0n) is 16.0. The molecule has 0 aliphatic carbocycles. The van der Waals surface area contributed by atoms with Gasteiger partial charge in [-0.25, -0.2) is 0 Å². The van der Waals surface area contributed by atoms with Gasteiger partial charge in [-0.3, -0.25) is 9.80 Å². The highest BCUT2D eigenvalue weighted by molar-refractivity contribution is 5.53. The predicted molar refractivity (Wildman–Crippen MR) is 113 cm³/mol. The lowest BCUT2D eigenvalue weighted by atomic mass is 9.93. The minimum absolute atomic E-state index is 0.189. The van der Waals surface area contributed by atoms with E-state index in [0.29, 0.717) is 0 Å². The Bertz CT molecular complexity index is 852. The molecule has 0 aromatic heterocycles. The first-order chi connectivity index (χ1) is 13.2. The van der Waals surface area contributed by atoms with E-state index in [0.717, 1.165) is 0 Å². The van der Waals surface area contributed by atoms with Gasteiger partial charge in [0, 0.05) is 0 Å². The van der Waals surface area contributed by atoms with Crippen molar-refractivity contribution in [3.63, 3.8) is 0 Å². The number of benzene rings is 3. The van der Waals surface area contributed by atoms with E-state index in [4.69, 9.17) is 0 Å². The highest BCUT2D eigenvalue weighted by atomic mass is 15.4. The summed E-state index contributed by atoms with van der Waals surface area (Å²) < 4.78 is 0. The van der Waals surface area contributed by atoms with E-state index in [1.54, 1.807) is 0 Å². The van der Waals surface area contributed by atoms with Gasteiger partial charge in [-0.2, -0.15) is 0 Å². The lowest BCUT2D eigenvalue weighted by molar-refractivity contribution is 0.164. The van der Waals surface area contributed by atoms with Crippen molar-refractivity contribution in [1.29, 1.82) is 0 Å². The van der Waals surface area contributed by atoms with Crippen molar-refractivity contribution in [2.75, 3.05) is 14.1 Å². The molecule has 1 aliphatic heterocycles. The predicted octanol–water partition coefficient (Wildman–Crippen LogP) is 5.69. The van der Waals surface area contributed by atoms with Crippen LogP contribution in [0.2, 0.25) is 0 Å². The fourth-order valence-corrected chi connectivity index (χ4v) is 4.54. The van der Waals surface area contributed by atoms with E-state index in [-0.39, 0.29) is 18.2 Å². The van der Waals surface area contributed by atoms with Gasteiger partial charge in [0.15, 0.2) is 0 Å². The SMILES string of the molecule is C=Cc1ccccc1C1N(C)[C@H](c2ccccc2)[C@@H](c2ccccc2)N1C. The van der Waals surface area contributed by atoms with E-state index >= 15 is 0 Å². The van der Waals surface area contributed by atoms with Crippen molar-refractivity contribution in [2.24, 2.45) is 0 Å². The fraction of sp³-hybridized carbons (Fsp3) is 0.200. The number of nitrogens with zero attached hydrogens (tertiary/aromatic N) is 2. The summed E-state index contributed by atoms with van der Waals surface area (Å²) >= 11 is 0. The lowest BCUT2D eigenvalue weighted by Crippen LogP contribution is -2.27. The second-order valence-corrected chi connectivity index (χ2v) is 7.25. The normalized spacial score (nSPS) is 21.4. The standard InChI is InChI=1S/C25H26N2/c1-4-19-13-11-12-18-22(19)25-26(2)23(20-14-7-5-8-15-20)24(27(25)3)21-16-9-6-10-17-21/h4-18,23-25H,1H2,2-3H3/t23-,24-/m1/s1. The van der Waals surface area contributed by atoms with Crippen LogP contribution in [0.15, 0.2) is 91.5 Å². The molecule has 27 heavy (non-hydrogen) atoms. The molecule has 1 fully saturated rings. The smallest absolute Gasteiger partial charge is 0.0898 e. The summed E-state index contributed by atoms with van der Waals surface area (Å²) in [7, 11) is 4.48. The van der Waals surface area contributed by atoms with E-state index in [1.165, 1.54) is 22.3 Å². The quantitative estimate of drug-likeness (QED) is 0.594. The third kappa shape index (κ3) is 3.12. The highest BCUT2D eigenvalue weighted by Gasteiger charge is 2.45. The van der Waals surface area contributed by atoms with Crippen molar-refractivity contribution in [2.45, 2.75) is 18.2 Å². The summed E-state index contributed by atoms with van der Waals surface area (Å²) in [6, 6.07) is 30.8. The van der Waals surface area contributed by atoms with E-state index in [9.17, 15) is 0 Å². The third-order valence-electron chi connectivity index (χ3n) is 5.72. The zero-order valence-corrected chi connectivity index (χ0v) is 16.0. The van der Waals surface area contributed by atoms with Crippen molar-refractivity contribution < 1.29 is 0 Å². The summed E-state index contributed by atoms with van der Waals surface area (Å²) in [4.78, 5) is 4.99. The Balaban J connectivity index is 1.85. The van der Waals surface area contributed by atoms with Gasteiger partial charge in [-0.05, 0) is 36.3 Å².